The third-order valence-electron chi connectivity index (χ3n) is 2.93. The first-order valence-corrected chi connectivity index (χ1v) is 14.7. The maximum Gasteiger partial charge on any atom is 0.434 e. The third-order valence-corrected chi connectivity index (χ3v) is 9.15. The lowest BCUT2D eigenvalue weighted by atomic mass is 10.3. The second-order valence-electron chi connectivity index (χ2n) is 7.48. The van der Waals surface area contributed by atoms with E-state index in [4.69, 9.17) is 8.85 Å². The summed E-state index contributed by atoms with van der Waals surface area (Å²) in [5.41, 5.74) is 0. The summed E-state index contributed by atoms with van der Waals surface area (Å²) in [6.45, 7) is 10.1. The first kappa shape index (κ1) is 26.7. The number of hydrogen-bond acceptors (Lipinski definition) is 5. The summed E-state index contributed by atoms with van der Waals surface area (Å²) in [5, 5.41) is 0. The van der Waals surface area contributed by atoms with Gasteiger partial charge in [-0.3, -0.25) is 0 Å². The average molecular weight is 455 g/mol. The zero-order chi connectivity index (χ0) is 22.4. The molecule has 13 heteroatoms. The SMILES string of the molecule is C[Si](C)(C)O[Si](C)(C)CCCOC(=O)/C=C/C(=O)OC(C(F)(F)F)C(F)(F)F. The minimum absolute atomic E-state index is 0.0303. The minimum atomic E-state index is -5.82. The van der Waals surface area contributed by atoms with E-state index in [2.05, 4.69) is 4.74 Å². The molecular formula is C15H24F6O5Si2. The molecule has 0 bridgehead atoms. The number of ether oxygens (including phenoxy) is 2. The van der Waals surface area contributed by atoms with E-state index in [9.17, 15) is 35.9 Å². The first-order chi connectivity index (χ1) is 12.3. The van der Waals surface area contributed by atoms with Crippen molar-refractivity contribution in [1.29, 1.82) is 0 Å². The summed E-state index contributed by atoms with van der Waals surface area (Å²) >= 11 is 0. The quantitative estimate of drug-likeness (QED) is 0.168. The molecule has 0 aromatic rings. The first-order valence-electron chi connectivity index (χ1n) is 8.22. The molecule has 0 aliphatic rings. The number of hydrogen-bond donors (Lipinski definition) is 0. The number of carbonyl (C=O) groups is 2. The van der Waals surface area contributed by atoms with Gasteiger partial charge in [0.05, 0.1) is 6.61 Å². The summed E-state index contributed by atoms with van der Waals surface area (Å²) in [6.07, 6.45) is -14.9. The van der Waals surface area contributed by atoms with E-state index in [-0.39, 0.29) is 12.7 Å². The van der Waals surface area contributed by atoms with Crippen LogP contribution in [0.25, 0.3) is 0 Å². The van der Waals surface area contributed by atoms with E-state index in [1.165, 1.54) is 0 Å². The highest BCUT2D eigenvalue weighted by Crippen LogP contribution is 2.35. The highest BCUT2D eigenvalue weighted by molar-refractivity contribution is 6.84. The Morgan fingerprint density at radius 3 is 1.79 bits per heavy atom. The molecule has 5 nitrogen and oxygen atoms in total. The van der Waals surface area contributed by atoms with Gasteiger partial charge in [0.2, 0.25) is 0 Å². The fraction of sp³-hybridized carbons (Fsp3) is 0.733. The van der Waals surface area contributed by atoms with Crippen LogP contribution in [0.2, 0.25) is 38.8 Å². The molecule has 0 spiro atoms. The maximum atomic E-state index is 12.3. The molecule has 0 saturated carbocycles. The maximum absolute atomic E-state index is 12.3. The molecule has 0 amide bonds. The Kier molecular flexibility index (Phi) is 9.44. The van der Waals surface area contributed by atoms with Gasteiger partial charge in [-0.1, -0.05) is 0 Å². The molecule has 0 aliphatic heterocycles. The number of rotatable bonds is 9. The van der Waals surface area contributed by atoms with Gasteiger partial charge >= 0.3 is 24.3 Å². The second-order valence-corrected chi connectivity index (χ2v) is 16.5. The molecule has 0 aliphatic carbocycles. The van der Waals surface area contributed by atoms with Crippen molar-refractivity contribution in [2.75, 3.05) is 6.61 Å². The number of halogens is 6. The van der Waals surface area contributed by atoms with E-state index in [1.54, 1.807) is 0 Å². The van der Waals surface area contributed by atoms with Gasteiger partial charge in [-0.25, -0.2) is 9.59 Å². The van der Waals surface area contributed by atoms with Gasteiger partial charge in [0.1, 0.15) is 0 Å². The predicted molar refractivity (Wildman–Crippen MR) is 93.4 cm³/mol. The summed E-state index contributed by atoms with van der Waals surface area (Å²) < 4.78 is 87.8. The Morgan fingerprint density at radius 1 is 0.893 bits per heavy atom. The molecule has 164 valence electrons. The topological polar surface area (TPSA) is 61.8 Å². The monoisotopic (exact) mass is 454 g/mol. The van der Waals surface area contributed by atoms with E-state index in [1.807, 2.05) is 32.7 Å². The van der Waals surface area contributed by atoms with Gasteiger partial charge in [0, 0.05) is 12.2 Å². The van der Waals surface area contributed by atoms with E-state index < -0.39 is 47.0 Å². The van der Waals surface area contributed by atoms with Crippen molar-refractivity contribution in [1.82, 2.24) is 0 Å². The summed E-state index contributed by atoms with van der Waals surface area (Å²) in [7, 11) is -3.65. The van der Waals surface area contributed by atoms with Gasteiger partial charge in [-0.2, -0.15) is 26.3 Å². The Bertz CT molecular complexity index is 553. The van der Waals surface area contributed by atoms with Crippen molar-refractivity contribution in [3.05, 3.63) is 12.2 Å². The molecule has 0 rings (SSSR count). The van der Waals surface area contributed by atoms with Crippen molar-refractivity contribution in [3.8, 4) is 0 Å². The zero-order valence-electron chi connectivity index (χ0n) is 16.2. The smallest absolute Gasteiger partial charge is 0.434 e. The van der Waals surface area contributed by atoms with Crippen LogP contribution in [0, 0.1) is 0 Å². The minimum Gasteiger partial charge on any atom is -0.463 e. The van der Waals surface area contributed by atoms with Crippen LogP contribution in [0.5, 0.6) is 0 Å². The van der Waals surface area contributed by atoms with Crippen LogP contribution in [-0.2, 0) is 23.2 Å². The number of alkyl halides is 6. The van der Waals surface area contributed by atoms with Crippen LogP contribution >= 0.6 is 0 Å². The molecule has 28 heavy (non-hydrogen) atoms. The van der Waals surface area contributed by atoms with Gasteiger partial charge < -0.3 is 13.6 Å². The second kappa shape index (κ2) is 9.92. The molecule has 0 heterocycles. The highest BCUT2D eigenvalue weighted by Gasteiger charge is 2.59. The van der Waals surface area contributed by atoms with Crippen molar-refractivity contribution >= 4 is 28.6 Å². The summed E-state index contributed by atoms with van der Waals surface area (Å²) in [5.74, 6) is -3.05. The molecule has 0 aromatic heterocycles. The molecule has 0 aromatic carbocycles. The van der Waals surface area contributed by atoms with Crippen LogP contribution in [-0.4, -0.2) is 53.6 Å². The molecule has 0 saturated heterocycles. The van der Waals surface area contributed by atoms with Crippen LogP contribution in [0.15, 0.2) is 12.2 Å². The van der Waals surface area contributed by atoms with E-state index in [0.717, 1.165) is 0 Å². The molecule has 0 N–H and O–H groups in total. The van der Waals surface area contributed by atoms with Crippen LogP contribution < -0.4 is 0 Å². The van der Waals surface area contributed by atoms with Crippen molar-refractivity contribution in [3.63, 3.8) is 0 Å². The fourth-order valence-corrected chi connectivity index (χ4v) is 10.2. The van der Waals surface area contributed by atoms with Gasteiger partial charge in [-0.05, 0) is 45.2 Å². The molecule has 0 radical (unpaired) electrons. The fourth-order valence-electron chi connectivity index (χ4n) is 2.21. The Balaban J connectivity index is 4.46. The average Bonchev–Trinajstić information content (AvgIpc) is 2.42. The van der Waals surface area contributed by atoms with Gasteiger partial charge in [0.25, 0.3) is 6.10 Å². The van der Waals surface area contributed by atoms with Gasteiger partial charge in [0.15, 0.2) is 16.6 Å². The summed E-state index contributed by atoms with van der Waals surface area (Å²) in [4.78, 5) is 22.5. The molecule has 0 unspecified atom stereocenters. The number of carbonyl (C=O) groups excluding carboxylic acids is 2. The number of esters is 2. The lowest BCUT2D eigenvalue weighted by Gasteiger charge is -2.31. The lowest BCUT2D eigenvalue weighted by Crippen LogP contribution is -2.45. The Labute approximate surface area is 161 Å². The van der Waals surface area contributed by atoms with Crippen LogP contribution in [0.1, 0.15) is 6.42 Å². The lowest BCUT2D eigenvalue weighted by molar-refractivity contribution is -0.312. The normalized spacial score (nSPS) is 13.9. The predicted octanol–water partition coefficient (Wildman–Crippen LogP) is 4.57. The molecule has 0 fully saturated rings. The largest absolute Gasteiger partial charge is 0.463 e. The van der Waals surface area contributed by atoms with Gasteiger partial charge in [-0.15, -0.1) is 0 Å². The van der Waals surface area contributed by atoms with Crippen LogP contribution in [0.3, 0.4) is 0 Å². The Hall–Kier alpha value is -1.35. The van der Waals surface area contributed by atoms with Crippen molar-refractivity contribution in [2.24, 2.45) is 0 Å². The van der Waals surface area contributed by atoms with Crippen LogP contribution in [0.4, 0.5) is 26.3 Å². The zero-order valence-corrected chi connectivity index (χ0v) is 18.2. The molecule has 0 atom stereocenters. The highest BCUT2D eigenvalue weighted by atomic mass is 28.4. The Morgan fingerprint density at radius 2 is 1.36 bits per heavy atom. The standard InChI is InChI=1S/C15H24F6O5Si2/c1-27(2,3)26-28(4,5)10-6-9-24-11(22)7-8-12(23)25-13(14(16,17)18)15(19,20)21/h7-8,13H,6,9-10H2,1-5H3/b8-7+. The van der Waals surface area contributed by atoms with Crippen molar-refractivity contribution in [2.45, 2.75) is 63.7 Å². The molecular weight excluding hydrogens is 430 g/mol. The summed E-state index contributed by atoms with van der Waals surface area (Å²) in [6, 6.07) is 0.690. The van der Waals surface area contributed by atoms with E-state index in [0.29, 0.717) is 18.5 Å². The third kappa shape index (κ3) is 12.2. The van der Waals surface area contributed by atoms with E-state index >= 15 is 0 Å². The van der Waals surface area contributed by atoms with Crippen molar-refractivity contribution < 1.29 is 49.5 Å².